The molecule has 2 aliphatic carbocycles. The second-order valence-electron chi connectivity index (χ2n) is 5.85. The van der Waals surface area contributed by atoms with Gasteiger partial charge in [-0.2, -0.15) is 0 Å². The largest absolute Gasteiger partial charge is 0.481 e. The molecule has 0 aliphatic heterocycles. The van der Waals surface area contributed by atoms with E-state index in [2.05, 4.69) is 22.1 Å². The normalized spacial score (nSPS) is 27.9. The van der Waals surface area contributed by atoms with Crippen LogP contribution < -0.4 is 4.90 Å². The summed E-state index contributed by atoms with van der Waals surface area (Å²) >= 11 is 2.73. The van der Waals surface area contributed by atoms with E-state index in [1.807, 2.05) is 0 Å². The third-order valence-corrected chi connectivity index (χ3v) is 6.59. The Labute approximate surface area is 126 Å². The Bertz CT molecular complexity index is 494. The number of carbonyl (C=O) groups is 1. The lowest BCUT2D eigenvalue weighted by atomic mass is 9.88. The molecule has 1 heterocycles. The van der Waals surface area contributed by atoms with Crippen LogP contribution in [0.2, 0.25) is 0 Å². The van der Waals surface area contributed by atoms with Gasteiger partial charge in [-0.1, -0.05) is 29.5 Å². The summed E-state index contributed by atoms with van der Waals surface area (Å²) in [5.74, 6) is 1.91. The van der Waals surface area contributed by atoms with Crippen LogP contribution in [0.25, 0.3) is 0 Å². The van der Waals surface area contributed by atoms with Crippen LogP contribution in [-0.4, -0.2) is 40.6 Å². The third kappa shape index (κ3) is 3.09. The van der Waals surface area contributed by atoms with Crippen molar-refractivity contribution >= 4 is 34.2 Å². The number of rotatable bonds is 6. The first-order valence-electron chi connectivity index (χ1n) is 7.01. The van der Waals surface area contributed by atoms with Crippen molar-refractivity contribution in [2.24, 2.45) is 17.8 Å². The molecule has 2 aliphatic rings. The zero-order valence-electron chi connectivity index (χ0n) is 11.5. The van der Waals surface area contributed by atoms with Crippen molar-refractivity contribution in [1.82, 2.24) is 10.2 Å². The highest BCUT2D eigenvalue weighted by Crippen LogP contribution is 2.48. The summed E-state index contributed by atoms with van der Waals surface area (Å²) in [5.41, 5.74) is 0. The van der Waals surface area contributed by atoms with E-state index in [1.165, 1.54) is 48.8 Å². The molecular formula is C13H19N3O2S2. The fourth-order valence-corrected chi connectivity index (χ4v) is 5.10. The SMILES string of the molecule is CN(CC1CC2CCC1C2)c1nnc(SCC(=O)O)s1. The summed E-state index contributed by atoms with van der Waals surface area (Å²) < 4.78 is 0.738. The topological polar surface area (TPSA) is 66.3 Å². The average molecular weight is 313 g/mol. The van der Waals surface area contributed by atoms with Gasteiger partial charge in [0.1, 0.15) is 0 Å². The molecule has 1 aromatic rings. The highest BCUT2D eigenvalue weighted by atomic mass is 32.2. The molecule has 7 heteroatoms. The Morgan fingerprint density at radius 1 is 1.45 bits per heavy atom. The van der Waals surface area contributed by atoms with E-state index < -0.39 is 5.97 Å². The van der Waals surface area contributed by atoms with Crippen LogP contribution in [0.1, 0.15) is 25.7 Å². The number of thioether (sulfide) groups is 1. The highest BCUT2D eigenvalue weighted by molar-refractivity contribution is 8.01. The first-order valence-corrected chi connectivity index (χ1v) is 8.81. The molecule has 3 unspecified atom stereocenters. The van der Waals surface area contributed by atoms with Gasteiger partial charge in [0.2, 0.25) is 5.13 Å². The van der Waals surface area contributed by atoms with Gasteiger partial charge < -0.3 is 10.0 Å². The van der Waals surface area contributed by atoms with E-state index in [9.17, 15) is 4.79 Å². The monoisotopic (exact) mass is 313 g/mol. The molecule has 20 heavy (non-hydrogen) atoms. The number of carboxylic acids is 1. The molecule has 0 spiro atoms. The first-order chi connectivity index (χ1) is 9.61. The molecule has 2 fully saturated rings. The summed E-state index contributed by atoms with van der Waals surface area (Å²) in [5, 5.41) is 17.8. The predicted molar refractivity (Wildman–Crippen MR) is 80.5 cm³/mol. The summed E-state index contributed by atoms with van der Waals surface area (Å²) in [7, 11) is 2.07. The average Bonchev–Trinajstić information content (AvgIpc) is 3.12. The molecule has 0 saturated heterocycles. The van der Waals surface area contributed by atoms with Gasteiger partial charge >= 0.3 is 5.97 Å². The molecule has 3 rings (SSSR count). The summed E-state index contributed by atoms with van der Waals surface area (Å²) in [6, 6.07) is 0. The number of nitrogens with zero attached hydrogens (tertiary/aromatic N) is 3. The maximum Gasteiger partial charge on any atom is 0.313 e. The Balaban J connectivity index is 1.54. The van der Waals surface area contributed by atoms with Crippen molar-refractivity contribution in [2.45, 2.75) is 30.0 Å². The van der Waals surface area contributed by atoms with Crippen molar-refractivity contribution in [3.63, 3.8) is 0 Å². The molecule has 3 atom stereocenters. The van der Waals surface area contributed by atoms with Gasteiger partial charge in [-0.15, -0.1) is 10.2 Å². The number of anilines is 1. The van der Waals surface area contributed by atoms with Gasteiger partial charge in [-0.25, -0.2) is 0 Å². The van der Waals surface area contributed by atoms with Gasteiger partial charge in [-0.3, -0.25) is 4.79 Å². The van der Waals surface area contributed by atoms with E-state index in [-0.39, 0.29) is 5.75 Å². The van der Waals surface area contributed by atoms with Crippen molar-refractivity contribution < 1.29 is 9.90 Å². The van der Waals surface area contributed by atoms with Crippen LogP contribution in [0.4, 0.5) is 5.13 Å². The van der Waals surface area contributed by atoms with Crippen LogP contribution in [0.5, 0.6) is 0 Å². The molecule has 2 saturated carbocycles. The molecule has 110 valence electrons. The number of hydrogen-bond acceptors (Lipinski definition) is 6. The minimum Gasteiger partial charge on any atom is -0.481 e. The van der Waals surface area contributed by atoms with Crippen molar-refractivity contribution in [3.8, 4) is 0 Å². The standard InChI is InChI=1S/C13H19N3O2S2/c1-16(6-10-5-8-2-3-9(10)4-8)12-14-15-13(20-12)19-7-11(17)18/h8-10H,2-7H2,1H3,(H,17,18). The van der Waals surface area contributed by atoms with Crippen LogP contribution in [0.15, 0.2) is 4.34 Å². The maximum absolute atomic E-state index is 10.5. The van der Waals surface area contributed by atoms with Crippen LogP contribution in [0, 0.1) is 17.8 Å². The van der Waals surface area contributed by atoms with E-state index >= 15 is 0 Å². The zero-order valence-corrected chi connectivity index (χ0v) is 13.1. The number of aromatic nitrogens is 2. The van der Waals surface area contributed by atoms with Gasteiger partial charge in [0.15, 0.2) is 4.34 Å². The lowest BCUT2D eigenvalue weighted by Gasteiger charge is -2.26. The highest BCUT2D eigenvalue weighted by Gasteiger charge is 2.39. The zero-order chi connectivity index (χ0) is 14.1. The second-order valence-corrected chi connectivity index (χ2v) is 8.03. The van der Waals surface area contributed by atoms with Crippen molar-refractivity contribution in [1.29, 1.82) is 0 Å². The first kappa shape index (κ1) is 14.1. The van der Waals surface area contributed by atoms with Crippen LogP contribution in [0.3, 0.4) is 0 Å². The van der Waals surface area contributed by atoms with E-state index in [1.54, 1.807) is 0 Å². The Morgan fingerprint density at radius 3 is 2.95 bits per heavy atom. The van der Waals surface area contributed by atoms with E-state index in [0.717, 1.165) is 33.8 Å². The van der Waals surface area contributed by atoms with E-state index in [0.29, 0.717) is 0 Å². The molecular weight excluding hydrogens is 294 g/mol. The lowest BCUT2D eigenvalue weighted by molar-refractivity contribution is -0.133. The third-order valence-electron chi connectivity index (χ3n) is 4.43. The fraction of sp³-hybridized carbons (Fsp3) is 0.769. The minimum atomic E-state index is -0.818. The second kappa shape index (κ2) is 5.89. The van der Waals surface area contributed by atoms with Crippen molar-refractivity contribution in [3.05, 3.63) is 0 Å². The molecule has 1 aromatic heterocycles. The van der Waals surface area contributed by atoms with Gasteiger partial charge in [0.05, 0.1) is 5.75 Å². The van der Waals surface area contributed by atoms with Crippen molar-refractivity contribution in [2.75, 3.05) is 24.2 Å². The minimum absolute atomic E-state index is 0.0464. The summed E-state index contributed by atoms with van der Waals surface area (Å²) in [6.45, 7) is 1.05. The summed E-state index contributed by atoms with van der Waals surface area (Å²) in [6.07, 6.45) is 5.63. The smallest absolute Gasteiger partial charge is 0.313 e. The molecule has 0 amide bonds. The van der Waals surface area contributed by atoms with Gasteiger partial charge in [-0.05, 0) is 37.0 Å². The van der Waals surface area contributed by atoms with Gasteiger partial charge in [0, 0.05) is 13.6 Å². The Kier molecular flexibility index (Phi) is 4.16. The molecule has 0 aromatic carbocycles. The molecule has 0 radical (unpaired) electrons. The number of fused-ring (bicyclic) bond motifs is 2. The quantitative estimate of drug-likeness (QED) is 0.814. The number of aliphatic carboxylic acids is 1. The van der Waals surface area contributed by atoms with Gasteiger partial charge in [0.25, 0.3) is 0 Å². The number of hydrogen-bond donors (Lipinski definition) is 1. The Morgan fingerprint density at radius 2 is 2.30 bits per heavy atom. The Hall–Kier alpha value is -0.820. The maximum atomic E-state index is 10.5. The van der Waals surface area contributed by atoms with Crippen LogP contribution >= 0.6 is 23.1 Å². The van der Waals surface area contributed by atoms with Crippen LogP contribution in [-0.2, 0) is 4.79 Å². The molecule has 1 N–H and O–H groups in total. The molecule has 2 bridgehead atoms. The van der Waals surface area contributed by atoms with E-state index in [4.69, 9.17) is 5.11 Å². The lowest BCUT2D eigenvalue weighted by Crippen LogP contribution is -2.28. The summed E-state index contributed by atoms with van der Waals surface area (Å²) in [4.78, 5) is 12.7. The number of carboxylic acid groups (broad SMARTS) is 1. The molecule has 5 nitrogen and oxygen atoms in total. The fourth-order valence-electron chi connectivity index (χ4n) is 3.57. The predicted octanol–water partition coefficient (Wildman–Crippen LogP) is 2.59.